The Morgan fingerprint density at radius 2 is 0.765 bits per heavy atom. The second kappa shape index (κ2) is 5.26. The van der Waals surface area contributed by atoms with Gasteiger partial charge in [0.2, 0.25) is 0 Å². The minimum atomic E-state index is 1.05. The Morgan fingerprint density at radius 1 is 0.353 bits per heavy atom. The van der Waals surface area contributed by atoms with Crippen molar-refractivity contribution in [1.29, 1.82) is 0 Å². The molecule has 0 aromatic heterocycles. The molecule has 0 saturated heterocycles. The molecule has 0 fully saturated rings. The summed E-state index contributed by atoms with van der Waals surface area (Å²) in [5.74, 6) is 0. The molecule has 156 valence electrons. The minimum absolute atomic E-state index is 1.05. The van der Waals surface area contributed by atoms with Crippen molar-refractivity contribution in [2.75, 3.05) is 0 Å². The van der Waals surface area contributed by atoms with Crippen molar-refractivity contribution in [1.82, 2.24) is 0 Å². The molecule has 0 bridgehead atoms. The Bertz CT molecular complexity index is 1830. The maximum atomic E-state index is 2.54. The van der Waals surface area contributed by atoms with Crippen LogP contribution in [0.2, 0.25) is 0 Å². The Labute approximate surface area is 198 Å². The molecular formula is C34H20. The third-order valence-corrected chi connectivity index (χ3v) is 9.25. The summed E-state index contributed by atoms with van der Waals surface area (Å²) in [5.41, 5.74) is 27.5. The van der Waals surface area contributed by atoms with Crippen molar-refractivity contribution in [2.24, 2.45) is 0 Å². The monoisotopic (exact) mass is 428 g/mol. The van der Waals surface area contributed by atoms with E-state index in [4.69, 9.17) is 0 Å². The summed E-state index contributed by atoms with van der Waals surface area (Å²) in [6.07, 6.45) is 4.25. The van der Waals surface area contributed by atoms with E-state index >= 15 is 0 Å². The largest absolute Gasteiger partial charge is 0.0622 e. The Hall–Kier alpha value is -3.90. The molecule has 0 amide bonds. The van der Waals surface area contributed by atoms with Crippen LogP contribution in [0.1, 0.15) is 44.5 Å². The van der Waals surface area contributed by atoms with Gasteiger partial charge in [-0.3, -0.25) is 0 Å². The van der Waals surface area contributed by atoms with Gasteiger partial charge in [-0.05, 0) is 132 Å². The Kier molecular flexibility index (Phi) is 2.58. The van der Waals surface area contributed by atoms with Crippen LogP contribution < -0.4 is 0 Å². The van der Waals surface area contributed by atoms with Crippen LogP contribution in [-0.2, 0) is 25.7 Å². The maximum Gasteiger partial charge on any atom is -0.000682 e. The topological polar surface area (TPSA) is 0 Å². The first-order valence-electron chi connectivity index (χ1n) is 12.5. The zero-order valence-electron chi connectivity index (χ0n) is 18.8. The lowest BCUT2D eigenvalue weighted by Crippen LogP contribution is -1.98. The molecule has 10 rings (SSSR count). The molecule has 0 saturated carbocycles. The molecule has 5 aromatic carbocycles. The van der Waals surface area contributed by atoms with Gasteiger partial charge in [-0.15, -0.1) is 0 Å². The van der Waals surface area contributed by atoms with Gasteiger partial charge in [0, 0.05) is 0 Å². The normalized spacial score (nSPS) is 15.2. The van der Waals surface area contributed by atoms with E-state index in [0.717, 1.165) is 25.7 Å². The van der Waals surface area contributed by atoms with E-state index in [2.05, 4.69) is 72.8 Å². The van der Waals surface area contributed by atoms with E-state index in [-0.39, 0.29) is 0 Å². The van der Waals surface area contributed by atoms with Gasteiger partial charge in [0.1, 0.15) is 0 Å². The number of benzene rings is 5. The van der Waals surface area contributed by atoms with Crippen molar-refractivity contribution in [2.45, 2.75) is 25.7 Å². The van der Waals surface area contributed by atoms with E-state index in [0.29, 0.717) is 0 Å². The van der Waals surface area contributed by atoms with Crippen molar-refractivity contribution in [3.8, 4) is 55.6 Å². The molecule has 0 atom stereocenters. The fourth-order valence-corrected chi connectivity index (χ4v) is 8.01. The molecule has 0 heteroatoms. The van der Waals surface area contributed by atoms with Gasteiger partial charge < -0.3 is 0 Å². The average Bonchev–Trinajstić information content (AvgIpc) is 3.59. The second-order valence-electron chi connectivity index (χ2n) is 10.8. The second-order valence-corrected chi connectivity index (χ2v) is 10.8. The summed E-state index contributed by atoms with van der Waals surface area (Å²) in [7, 11) is 0. The third kappa shape index (κ3) is 1.67. The SMILES string of the molecule is c1ccc(-c2cc3c4c5c2Cc2ccc6c(c2-5)-c2c(ccc5c2-c2c(ccc(c2-4)C3)C5)C6)cc1. The molecule has 0 N–H and O–H groups in total. The summed E-state index contributed by atoms with van der Waals surface area (Å²) >= 11 is 0. The summed E-state index contributed by atoms with van der Waals surface area (Å²) < 4.78 is 0. The van der Waals surface area contributed by atoms with Crippen molar-refractivity contribution < 1.29 is 0 Å². The van der Waals surface area contributed by atoms with E-state index in [1.807, 2.05) is 0 Å². The first-order chi connectivity index (χ1) is 16.8. The number of rotatable bonds is 1. The summed E-state index contributed by atoms with van der Waals surface area (Å²) in [6, 6.07) is 28.2. The van der Waals surface area contributed by atoms with E-state index < -0.39 is 0 Å². The highest BCUT2D eigenvalue weighted by atomic mass is 14.4. The van der Waals surface area contributed by atoms with Crippen molar-refractivity contribution in [3.05, 3.63) is 117 Å². The Balaban J connectivity index is 1.48. The van der Waals surface area contributed by atoms with E-state index in [9.17, 15) is 0 Å². The standard InChI is InChI=1S/C34H20/c1-2-4-17(5-3-1)25-16-24-14-22-9-8-20-12-18-6-7-19-13-21-10-11-23-15-26(25)34-32(23)30(21)28(19)27(18)29(20)31(22)33(24)34/h1-11,16H,12-15H2. The smallest absolute Gasteiger partial charge is 0.000682 e. The quantitative estimate of drug-likeness (QED) is 0.249. The molecule has 5 aromatic rings. The van der Waals surface area contributed by atoms with Crippen LogP contribution in [0.3, 0.4) is 0 Å². The molecule has 0 radical (unpaired) electrons. The molecule has 5 aliphatic rings. The maximum absolute atomic E-state index is 2.54. The third-order valence-electron chi connectivity index (χ3n) is 9.25. The highest BCUT2D eigenvalue weighted by Crippen LogP contribution is 2.63. The molecule has 0 spiro atoms. The first-order valence-corrected chi connectivity index (χ1v) is 12.5. The minimum Gasteiger partial charge on any atom is -0.0622 e. The molecule has 0 aliphatic heterocycles. The molecule has 0 heterocycles. The first kappa shape index (κ1) is 16.7. The fourth-order valence-electron chi connectivity index (χ4n) is 8.01. The molecule has 5 aliphatic carbocycles. The zero-order valence-corrected chi connectivity index (χ0v) is 18.8. The van der Waals surface area contributed by atoms with Gasteiger partial charge in [0.15, 0.2) is 0 Å². The predicted octanol–water partition coefficient (Wildman–Crippen LogP) is 7.95. The van der Waals surface area contributed by atoms with Crippen LogP contribution in [0.4, 0.5) is 0 Å². The number of hydrogen-bond acceptors (Lipinski definition) is 0. The highest BCUT2D eigenvalue weighted by molar-refractivity contribution is 6.14. The van der Waals surface area contributed by atoms with Gasteiger partial charge >= 0.3 is 0 Å². The van der Waals surface area contributed by atoms with Crippen LogP contribution in [0.15, 0.2) is 72.8 Å². The van der Waals surface area contributed by atoms with Crippen LogP contribution in [0, 0.1) is 0 Å². The lowest BCUT2D eigenvalue weighted by molar-refractivity contribution is 1.21. The van der Waals surface area contributed by atoms with Crippen LogP contribution in [-0.4, -0.2) is 0 Å². The summed E-state index contributed by atoms with van der Waals surface area (Å²) in [4.78, 5) is 0. The van der Waals surface area contributed by atoms with Gasteiger partial charge in [-0.2, -0.15) is 0 Å². The molecule has 0 nitrogen and oxygen atoms in total. The van der Waals surface area contributed by atoms with Crippen LogP contribution in [0.5, 0.6) is 0 Å². The van der Waals surface area contributed by atoms with E-state index in [1.165, 1.54) is 50.1 Å². The van der Waals surface area contributed by atoms with Gasteiger partial charge in [-0.1, -0.05) is 66.7 Å². The van der Waals surface area contributed by atoms with Crippen molar-refractivity contribution in [3.63, 3.8) is 0 Å². The zero-order chi connectivity index (χ0) is 21.7. The van der Waals surface area contributed by atoms with Gasteiger partial charge in [0.25, 0.3) is 0 Å². The van der Waals surface area contributed by atoms with Gasteiger partial charge in [0.05, 0.1) is 0 Å². The molecular weight excluding hydrogens is 408 g/mol. The van der Waals surface area contributed by atoms with Crippen molar-refractivity contribution >= 4 is 0 Å². The summed E-state index contributed by atoms with van der Waals surface area (Å²) in [6.45, 7) is 0. The van der Waals surface area contributed by atoms with E-state index in [1.54, 1.807) is 50.1 Å². The lowest BCUT2D eigenvalue weighted by Gasteiger charge is -2.23. The molecule has 34 heavy (non-hydrogen) atoms. The number of hydrogen-bond donors (Lipinski definition) is 0. The highest BCUT2D eigenvalue weighted by Gasteiger charge is 2.41. The molecule has 0 unspecified atom stereocenters. The van der Waals surface area contributed by atoms with Gasteiger partial charge in [-0.25, -0.2) is 0 Å². The average molecular weight is 429 g/mol. The predicted molar refractivity (Wildman–Crippen MR) is 138 cm³/mol. The fraction of sp³-hybridized carbons (Fsp3) is 0.118. The Morgan fingerprint density at radius 3 is 1.29 bits per heavy atom. The summed E-state index contributed by atoms with van der Waals surface area (Å²) in [5, 5.41) is 0. The van der Waals surface area contributed by atoms with Crippen LogP contribution in [0.25, 0.3) is 55.6 Å². The lowest BCUT2D eigenvalue weighted by atomic mass is 9.80. The van der Waals surface area contributed by atoms with Crippen LogP contribution >= 0.6 is 0 Å².